The first kappa shape index (κ1) is 18.6. The molecule has 0 aliphatic carbocycles. The van der Waals surface area contributed by atoms with Crippen molar-refractivity contribution in [2.45, 2.75) is 13.0 Å². The van der Waals surface area contributed by atoms with Crippen LogP contribution >= 0.6 is 0 Å². The Morgan fingerprint density at radius 1 is 0.931 bits per heavy atom. The minimum atomic E-state index is -0.937. The molecule has 0 spiro atoms. The standard InChI is InChI=1S/C24H18FNO3/c1-15-7-5-12-19(13-15)26-21(17-10-6-11-18(25)14-17)20(23(28)24(26)29)22(27)16-8-3-2-4-9-16/h2-14,21,27H,1H3/b22-20+/t21-/m1/s1. The molecule has 0 saturated carbocycles. The minimum absolute atomic E-state index is 0.0618. The third-order valence-electron chi connectivity index (χ3n) is 4.94. The van der Waals surface area contributed by atoms with Gasteiger partial charge in [0.25, 0.3) is 11.7 Å². The molecule has 3 aromatic carbocycles. The number of aliphatic hydroxyl groups excluding tert-OH is 1. The zero-order valence-corrected chi connectivity index (χ0v) is 15.7. The third-order valence-corrected chi connectivity index (χ3v) is 4.94. The van der Waals surface area contributed by atoms with Crippen molar-refractivity contribution in [1.29, 1.82) is 0 Å². The smallest absolute Gasteiger partial charge is 0.300 e. The van der Waals surface area contributed by atoms with Gasteiger partial charge in [-0.1, -0.05) is 54.6 Å². The van der Waals surface area contributed by atoms with Crippen LogP contribution in [-0.4, -0.2) is 16.8 Å². The van der Waals surface area contributed by atoms with E-state index in [1.165, 1.54) is 23.1 Å². The van der Waals surface area contributed by atoms with Crippen LogP contribution in [0.25, 0.3) is 5.76 Å². The zero-order valence-electron chi connectivity index (χ0n) is 15.7. The summed E-state index contributed by atoms with van der Waals surface area (Å²) in [6.45, 7) is 1.88. The molecule has 5 heteroatoms. The van der Waals surface area contributed by atoms with Crippen LogP contribution in [0.2, 0.25) is 0 Å². The molecule has 29 heavy (non-hydrogen) atoms. The van der Waals surface area contributed by atoms with Gasteiger partial charge in [0.15, 0.2) is 0 Å². The normalized spacial score (nSPS) is 18.3. The van der Waals surface area contributed by atoms with Gasteiger partial charge in [-0.15, -0.1) is 0 Å². The highest BCUT2D eigenvalue weighted by molar-refractivity contribution is 6.51. The molecule has 1 aliphatic heterocycles. The highest BCUT2D eigenvalue weighted by Gasteiger charge is 2.47. The molecule has 4 nitrogen and oxygen atoms in total. The van der Waals surface area contributed by atoms with Crippen LogP contribution in [0.4, 0.5) is 10.1 Å². The van der Waals surface area contributed by atoms with Gasteiger partial charge < -0.3 is 5.11 Å². The van der Waals surface area contributed by atoms with E-state index in [4.69, 9.17) is 0 Å². The van der Waals surface area contributed by atoms with Crippen LogP contribution in [0.15, 0.2) is 84.4 Å². The van der Waals surface area contributed by atoms with Gasteiger partial charge in [-0.05, 0) is 42.3 Å². The molecule has 1 amide bonds. The van der Waals surface area contributed by atoms with E-state index in [0.29, 0.717) is 16.8 Å². The topological polar surface area (TPSA) is 57.6 Å². The summed E-state index contributed by atoms with van der Waals surface area (Å²) in [5.41, 5.74) is 2.17. The lowest BCUT2D eigenvalue weighted by Crippen LogP contribution is -2.29. The Kier molecular flexibility index (Phi) is 4.72. The summed E-state index contributed by atoms with van der Waals surface area (Å²) in [7, 11) is 0. The maximum atomic E-state index is 14.0. The Bertz CT molecular complexity index is 1140. The van der Waals surface area contributed by atoms with Crippen molar-refractivity contribution in [3.05, 3.63) is 107 Å². The lowest BCUT2D eigenvalue weighted by molar-refractivity contribution is -0.132. The van der Waals surface area contributed by atoms with Crippen LogP contribution in [0.5, 0.6) is 0 Å². The number of Topliss-reactive ketones (excluding diaryl/α,β-unsaturated/α-hetero) is 1. The number of hydrogen-bond acceptors (Lipinski definition) is 3. The van der Waals surface area contributed by atoms with E-state index >= 15 is 0 Å². The Morgan fingerprint density at radius 3 is 2.34 bits per heavy atom. The first-order chi connectivity index (χ1) is 14.0. The minimum Gasteiger partial charge on any atom is -0.507 e. The summed E-state index contributed by atoms with van der Waals surface area (Å²) in [6.07, 6.45) is 0. The van der Waals surface area contributed by atoms with Crippen LogP contribution in [0.3, 0.4) is 0 Å². The molecule has 1 aliphatic rings. The van der Waals surface area contributed by atoms with Crippen LogP contribution in [0, 0.1) is 12.7 Å². The fourth-order valence-electron chi connectivity index (χ4n) is 3.62. The number of nitrogens with zero attached hydrogens (tertiary/aromatic N) is 1. The summed E-state index contributed by atoms with van der Waals surface area (Å²) in [5.74, 6) is -2.34. The van der Waals surface area contributed by atoms with Crippen LogP contribution in [0.1, 0.15) is 22.7 Å². The van der Waals surface area contributed by atoms with Gasteiger partial charge in [0.1, 0.15) is 11.6 Å². The van der Waals surface area contributed by atoms with Crippen molar-refractivity contribution < 1.29 is 19.1 Å². The maximum Gasteiger partial charge on any atom is 0.300 e. The Morgan fingerprint density at radius 2 is 1.66 bits per heavy atom. The average Bonchev–Trinajstić information content (AvgIpc) is 2.99. The molecule has 4 rings (SSSR count). The Balaban J connectivity index is 1.97. The molecule has 1 saturated heterocycles. The Labute approximate surface area is 167 Å². The molecule has 0 aromatic heterocycles. The van der Waals surface area contributed by atoms with Gasteiger partial charge in [0.2, 0.25) is 0 Å². The SMILES string of the molecule is Cc1cccc(N2C(=O)C(=O)/C(=C(/O)c3ccccc3)[C@H]2c2cccc(F)c2)c1. The van der Waals surface area contributed by atoms with E-state index in [1.54, 1.807) is 54.6 Å². The number of benzene rings is 3. The number of halogens is 1. The molecule has 0 bridgehead atoms. The second-order valence-corrected chi connectivity index (χ2v) is 6.93. The molecule has 0 unspecified atom stereocenters. The quantitative estimate of drug-likeness (QED) is 0.400. The number of ketones is 1. The average molecular weight is 387 g/mol. The van der Waals surface area contributed by atoms with Gasteiger partial charge >= 0.3 is 0 Å². The van der Waals surface area contributed by atoms with Crippen LogP contribution in [-0.2, 0) is 9.59 Å². The highest BCUT2D eigenvalue weighted by Crippen LogP contribution is 2.42. The molecule has 1 heterocycles. The fraction of sp³-hybridized carbons (Fsp3) is 0.0833. The molecule has 1 N–H and O–H groups in total. The number of hydrogen-bond donors (Lipinski definition) is 1. The van der Waals surface area contributed by atoms with Crippen molar-refractivity contribution in [2.24, 2.45) is 0 Å². The molecule has 3 aromatic rings. The Hall–Kier alpha value is -3.73. The monoisotopic (exact) mass is 387 g/mol. The molecule has 1 atom stereocenters. The summed E-state index contributed by atoms with van der Waals surface area (Å²) >= 11 is 0. The lowest BCUT2D eigenvalue weighted by Gasteiger charge is -2.25. The summed E-state index contributed by atoms with van der Waals surface area (Å²) in [5, 5.41) is 10.9. The number of carbonyl (C=O) groups excluding carboxylic acids is 2. The predicted octanol–water partition coefficient (Wildman–Crippen LogP) is 4.76. The number of amides is 1. The zero-order chi connectivity index (χ0) is 20.5. The fourth-order valence-corrected chi connectivity index (χ4v) is 3.62. The van der Waals surface area contributed by atoms with Crippen LogP contribution < -0.4 is 4.90 Å². The van der Waals surface area contributed by atoms with E-state index < -0.39 is 23.5 Å². The summed E-state index contributed by atoms with van der Waals surface area (Å²) in [4.78, 5) is 27.2. The van der Waals surface area contributed by atoms with Crippen molar-refractivity contribution in [1.82, 2.24) is 0 Å². The lowest BCUT2D eigenvalue weighted by atomic mass is 9.95. The molecular weight excluding hydrogens is 369 g/mol. The van der Waals surface area contributed by atoms with E-state index in [-0.39, 0.29) is 11.3 Å². The summed E-state index contributed by atoms with van der Waals surface area (Å²) in [6, 6.07) is 20.5. The van der Waals surface area contributed by atoms with Gasteiger partial charge in [0, 0.05) is 11.3 Å². The second-order valence-electron chi connectivity index (χ2n) is 6.93. The molecule has 0 radical (unpaired) electrons. The molecule has 1 fully saturated rings. The van der Waals surface area contributed by atoms with Crippen molar-refractivity contribution >= 4 is 23.1 Å². The van der Waals surface area contributed by atoms with Crippen molar-refractivity contribution in [3.8, 4) is 0 Å². The van der Waals surface area contributed by atoms with Crippen molar-refractivity contribution in [3.63, 3.8) is 0 Å². The van der Waals surface area contributed by atoms with Gasteiger partial charge in [-0.3, -0.25) is 14.5 Å². The summed E-state index contributed by atoms with van der Waals surface area (Å²) < 4.78 is 14.0. The number of aliphatic hydroxyl groups is 1. The predicted molar refractivity (Wildman–Crippen MR) is 109 cm³/mol. The second kappa shape index (κ2) is 7.36. The number of carbonyl (C=O) groups is 2. The van der Waals surface area contributed by atoms with Gasteiger partial charge in [-0.2, -0.15) is 0 Å². The number of anilines is 1. The van der Waals surface area contributed by atoms with Gasteiger partial charge in [0.05, 0.1) is 11.6 Å². The van der Waals surface area contributed by atoms with E-state index in [9.17, 15) is 19.1 Å². The highest BCUT2D eigenvalue weighted by atomic mass is 19.1. The van der Waals surface area contributed by atoms with E-state index in [0.717, 1.165) is 5.56 Å². The van der Waals surface area contributed by atoms with E-state index in [2.05, 4.69) is 0 Å². The van der Waals surface area contributed by atoms with Crippen molar-refractivity contribution in [2.75, 3.05) is 4.90 Å². The molecular formula is C24H18FNO3. The number of aryl methyl sites for hydroxylation is 1. The first-order valence-electron chi connectivity index (χ1n) is 9.16. The van der Waals surface area contributed by atoms with E-state index in [1.807, 2.05) is 13.0 Å². The first-order valence-corrected chi connectivity index (χ1v) is 9.16. The number of rotatable bonds is 3. The maximum absolute atomic E-state index is 14.0. The van der Waals surface area contributed by atoms with Gasteiger partial charge in [-0.25, -0.2) is 4.39 Å². The largest absolute Gasteiger partial charge is 0.507 e. The molecule has 144 valence electrons. The third kappa shape index (κ3) is 3.31.